The molecule has 5 heteroatoms. The molecule has 0 bridgehead atoms. The number of carbonyl (C=O) groups excluding carboxylic acids is 1. The first-order chi connectivity index (χ1) is 10.5. The Hall–Kier alpha value is -1.75. The highest BCUT2D eigenvalue weighted by atomic mass is 32.1. The molecule has 0 N–H and O–H groups in total. The quantitative estimate of drug-likeness (QED) is 0.819. The largest absolute Gasteiger partial charge is 0.335 e. The fourth-order valence-electron chi connectivity index (χ4n) is 2.38. The minimum atomic E-state index is 0.138. The lowest BCUT2D eigenvalue weighted by Gasteiger charge is -2.28. The number of aromatic nitrogens is 2. The van der Waals surface area contributed by atoms with Crippen LogP contribution in [0, 0.1) is 13.8 Å². The van der Waals surface area contributed by atoms with Gasteiger partial charge in [0.15, 0.2) is 0 Å². The minimum absolute atomic E-state index is 0.138. The van der Waals surface area contributed by atoms with Gasteiger partial charge in [0.05, 0.1) is 17.1 Å². The number of hydrogen-bond acceptors (Lipinski definition) is 4. The fraction of sp³-hybridized carbons (Fsp3) is 0.471. The molecule has 2 heterocycles. The Labute approximate surface area is 136 Å². The van der Waals surface area contributed by atoms with Gasteiger partial charge in [0, 0.05) is 29.9 Å². The van der Waals surface area contributed by atoms with E-state index in [0.717, 1.165) is 27.6 Å². The van der Waals surface area contributed by atoms with Crippen LogP contribution in [0.5, 0.6) is 0 Å². The van der Waals surface area contributed by atoms with Gasteiger partial charge in [0.25, 0.3) is 0 Å². The van der Waals surface area contributed by atoms with Gasteiger partial charge >= 0.3 is 0 Å². The molecular formula is C17H23N3OS. The van der Waals surface area contributed by atoms with Crippen LogP contribution in [0.1, 0.15) is 41.4 Å². The van der Waals surface area contributed by atoms with E-state index >= 15 is 0 Å². The molecule has 0 aromatic carbocycles. The molecule has 22 heavy (non-hydrogen) atoms. The molecule has 2 rings (SSSR count). The molecule has 118 valence electrons. The van der Waals surface area contributed by atoms with Crippen molar-refractivity contribution in [1.82, 2.24) is 14.9 Å². The van der Waals surface area contributed by atoms with Crippen LogP contribution in [0.15, 0.2) is 24.5 Å². The third-order valence-electron chi connectivity index (χ3n) is 3.86. The zero-order valence-corrected chi connectivity index (χ0v) is 14.5. The van der Waals surface area contributed by atoms with Crippen LogP contribution in [0.25, 0.3) is 0 Å². The van der Waals surface area contributed by atoms with Crippen molar-refractivity contribution in [3.63, 3.8) is 0 Å². The van der Waals surface area contributed by atoms with Crippen LogP contribution in [0.3, 0.4) is 0 Å². The molecule has 0 radical (unpaired) electrons. The van der Waals surface area contributed by atoms with Gasteiger partial charge in [-0.05, 0) is 44.9 Å². The van der Waals surface area contributed by atoms with Gasteiger partial charge in [-0.25, -0.2) is 4.98 Å². The standard InChI is InChI=1S/C17H23N3OS/c1-5-12(2)20(11-15-6-8-18-9-7-15)17(21)10-16-13(3)22-14(4)19-16/h6-9,12H,5,10-11H2,1-4H3/t12-/m0/s1. The molecule has 0 aliphatic heterocycles. The van der Waals surface area contributed by atoms with Gasteiger partial charge in [0.2, 0.25) is 5.91 Å². The van der Waals surface area contributed by atoms with Crippen LogP contribution in [0.2, 0.25) is 0 Å². The maximum Gasteiger partial charge on any atom is 0.229 e. The molecule has 0 aliphatic rings. The molecule has 0 saturated heterocycles. The van der Waals surface area contributed by atoms with E-state index in [4.69, 9.17) is 0 Å². The van der Waals surface area contributed by atoms with Gasteiger partial charge in [-0.15, -0.1) is 11.3 Å². The van der Waals surface area contributed by atoms with Gasteiger partial charge in [-0.2, -0.15) is 0 Å². The lowest BCUT2D eigenvalue weighted by Crippen LogP contribution is -2.38. The van der Waals surface area contributed by atoms with Crippen molar-refractivity contribution < 1.29 is 4.79 Å². The Balaban J connectivity index is 2.14. The van der Waals surface area contributed by atoms with Crippen molar-refractivity contribution in [1.29, 1.82) is 0 Å². The maximum absolute atomic E-state index is 12.8. The highest BCUT2D eigenvalue weighted by Crippen LogP contribution is 2.19. The smallest absolute Gasteiger partial charge is 0.229 e. The molecule has 4 nitrogen and oxygen atoms in total. The summed E-state index contributed by atoms with van der Waals surface area (Å²) in [5.41, 5.74) is 2.02. The van der Waals surface area contributed by atoms with E-state index in [2.05, 4.69) is 23.8 Å². The van der Waals surface area contributed by atoms with E-state index in [1.165, 1.54) is 0 Å². The third-order valence-corrected chi connectivity index (χ3v) is 4.79. The summed E-state index contributed by atoms with van der Waals surface area (Å²) < 4.78 is 0. The summed E-state index contributed by atoms with van der Waals surface area (Å²) in [4.78, 5) is 24.4. The molecule has 0 aliphatic carbocycles. The van der Waals surface area contributed by atoms with Crippen LogP contribution in [-0.4, -0.2) is 26.8 Å². The van der Waals surface area contributed by atoms with Crippen LogP contribution in [-0.2, 0) is 17.8 Å². The Morgan fingerprint density at radius 1 is 1.32 bits per heavy atom. The minimum Gasteiger partial charge on any atom is -0.335 e. The highest BCUT2D eigenvalue weighted by Gasteiger charge is 2.21. The topological polar surface area (TPSA) is 46.1 Å². The maximum atomic E-state index is 12.8. The van der Waals surface area contributed by atoms with E-state index in [-0.39, 0.29) is 11.9 Å². The van der Waals surface area contributed by atoms with Gasteiger partial charge in [0.1, 0.15) is 0 Å². The number of pyridine rings is 1. The summed E-state index contributed by atoms with van der Waals surface area (Å²) in [5, 5.41) is 1.02. The first kappa shape index (κ1) is 16.6. The van der Waals surface area contributed by atoms with E-state index < -0.39 is 0 Å². The normalized spacial score (nSPS) is 12.2. The Kier molecular flexibility index (Phi) is 5.66. The summed E-state index contributed by atoms with van der Waals surface area (Å²) in [6, 6.07) is 4.13. The molecule has 0 unspecified atom stereocenters. The van der Waals surface area contributed by atoms with Crippen molar-refractivity contribution in [2.45, 2.75) is 53.1 Å². The predicted molar refractivity (Wildman–Crippen MR) is 89.8 cm³/mol. The van der Waals surface area contributed by atoms with Crippen molar-refractivity contribution in [3.05, 3.63) is 45.7 Å². The number of aryl methyl sites for hydroxylation is 2. The highest BCUT2D eigenvalue weighted by molar-refractivity contribution is 7.11. The number of carbonyl (C=O) groups is 1. The van der Waals surface area contributed by atoms with Gasteiger partial charge in [-0.1, -0.05) is 6.92 Å². The summed E-state index contributed by atoms with van der Waals surface area (Å²) in [6.07, 6.45) is 4.85. The Morgan fingerprint density at radius 3 is 2.55 bits per heavy atom. The third kappa shape index (κ3) is 4.13. The van der Waals surface area contributed by atoms with Crippen molar-refractivity contribution >= 4 is 17.2 Å². The zero-order valence-electron chi connectivity index (χ0n) is 13.7. The fourth-order valence-corrected chi connectivity index (χ4v) is 3.21. The first-order valence-corrected chi connectivity index (χ1v) is 8.44. The van der Waals surface area contributed by atoms with Crippen LogP contribution < -0.4 is 0 Å². The number of nitrogens with zero attached hydrogens (tertiary/aromatic N) is 3. The first-order valence-electron chi connectivity index (χ1n) is 7.62. The molecule has 0 spiro atoms. The summed E-state index contributed by atoms with van der Waals surface area (Å²) >= 11 is 1.65. The number of amides is 1. The van der Waals surface area contributed by atoms with Crippen molar-refractivity contribution in [2.75, 3.05) is 0 Å². The Bertz CT molecular complexity index is 624. The lowest BCUT2D eigenvalue weighted by molar-refractivity contribution is -0.133. The van der Waals surface area contributed by atoms with E-state index in [9.17, 15) is 4.79 Å². The van der Waals surface area contributed by atoms with Crippen molar-refractivity contribution in [3.8, 4) is 0 Å². The summed E-state index contributed by atoms with van der Waals surface area (Å²) in [6.45, 7) is 8.84. The Morgan fingerprint density at radius 2 is 2.00 bits per heavy atom. The second kappa shape index (κ2) is 7.49. The number of thiazole rings is 1. The average molecular weight is 317 g/mol. The average Bonchev–Trinajstić information content (AvgIpc) is 2.82. The molecule has 2 aromatic heterocycles. The lowest BCUT2D eigenvalue weighted by atomic mass is 10.1. The molecule has 2 aromatic rings. The monoisotopic (exact) mass is 317 g/mol. The second-order valence-corrected chi connectivity index (χ2v) is 6.95. The van der Waals surface area contributed by atoms with Crippen LogP contribution >= 0.6 is 11.3 Å². The second-order valence-electron chi connectivity index (χ2n) is 5.55. The van der Waals surface area contributed by atoms with E-state index in [0.29, 0.717) is 13.0 Å². The molecule has 0 saturated carbocycles. The SMILES string of the molecule is CC[C@H](C)N(Cc1ccncc1)C(=O)Cc1nc(C)sc1C. The van der Waals surface area contributed by atoms with Crippen molar-refractivity contribution in [2.24, 2.45) is 0 Å². The predicted octanol–water partition coefficient (Wildman–Crippen LogP) is 3.52. The van der Waals surface area contributed by atoms with E-state index in [1.54, 1.807) is 23.7 Å². The van der Waals surface area contributed by atoms with Gasteiger partial charge < -0.3 is 4.90 Å². The molecule has 1 amide bonds. The molecular weight excluding hydrogens is 294 g/mol. The van der Waals surface area contributed by atoms with Crippen LogP contribution in [0.4, 0.5) is 0 Å². The summed E-state index contributed by atoms with van der Waals surface area (Å²) in [7, 11) is 0. The van der Waals surface area contributed by atoms with Gasteiger partial charge in [-0.3, -0.25) is 9.78 Å². The van der Waals surface area contributed by atoms with E-state index in [1.807, 2.05) is 30.9 Å². The molecule has 0 fully saturated rings. The molecule has 1 atom stereocenters. The number of rotatable bonds is 6. The zero-order chi connectivity index (χ0) is 16.1. The summed E-state index contributed by atoms with van der Waals surface area (Å²) in [5.74, 6) is 0.138. The number of hydrogen-bond donors (Lipinski definition) is 0.